The number of carbonyl (C=O) groups excluding carboxylic acids is 2. The van der Waals surface area contributed by atoms with Gasteiger partial charge in [0.1, 0.15) is 0 Å². The second kappa shape index (κ2) is 7.07. The minimum Gasteiger partial charge on any atom is -0.335 e. The summed E-state index contributed by atoms with van der Waals surface area (Å²) in [4.78, 5) is 25.0. The highest BCUT2D eigenvalue weighted by Crippen LogP contribution is 2.29. The van der Waals surface area contributed by atoms with E-state index in [1.807, 2.05) is 0 Å². The maximum absolute atomic E-state index is 11.9. The summed E-state index contributed by atoms with van der Waals surface area (Å²) in [6, 6.07) is -0.120. The largest absolute Gasteiger partial charge is 0.335 e. The second-order valence-corrected chi connectivity index (χ2v) is 6.53. The number of amides is 3. The van der Waals surface area contributed by atoms with Crippen LogP contribution in [-0.2, 0) is 4.79 Å². The number of carbonyl (C=O) groups is 2. The molecule has 0 spiro atoms. The Morgan fingerprint density at radius 3 is 2.50 bits per heavy atom. The van der Waals surface area contributed by atoms with Crippen molar-refractivity contribution in [2.75, 3.05) is 19.6 Å². The smallest absolute Gasteiger partial charge is 0.321 e. The number of imide groups is 1. The summed E-state index contributed by atoms with van der Waals surface area (Å²) in [6.45, 7) is 6.94. The van der Waals surface area contributed by atoms with Gasteiger partial charge in [-0.1, -0.05) is 26.7 Å². The third kappa shape index (κ3) is 4.20. The predicted octanol–water partition coefficient (Wildman–Crippen LogP) is 0.316. The first kappa shape index (κ1) is 15.3. The van der Waals surface area contributed by atoms with E-state index in [0.717, 1.165) is 25.9 Å². The lowest BCUT2D eigenvalue weighted by Gasteiger charge is -2.34. The van der Waals surface area contributed by atoms with E-state index < -0.39 is 0 Å². The molecule has 20 heavy (non-hydrogen) atoms. The van der Waals surface area contributed by atoms with Gasteiger partial charge in [0.2, 0.25) is 0 Å². The normalized spacial score (nSPS) is 31.0. The van der Waals surface area contributed by atoms with Crippen molar-refractivity contribution >= 4 is 11.9 Å². The van der Waals surface area contributed by atoms with Crippen molar-refractivity contribution in [2.24, 2.45) is 11.8 Å². The monoisotopic (exact) mass is 282 g/mol. The maximum atomic E-state index is 11.9. The maximum Gasteiger partial charge on any atom is 0.321 e. The molecular weight excluding hydrogens is 254 g/mol. The molecule has 0 radical (unpaired) electrons. The van der Waals surface area contributed by atoms with Gasteiger partial charge >= 0.3 is 6.03 Å². The molecule has 3 amide bonds. The highest BCUT2D eigenvalue weighted by atomic mass is 16.2. The van der Waals surface area contributed by atoms with Crippen LogP contribution >= 0.6 is 0 Å². The molecule has 0 aromatic carbocycles. The molecule has 0 aromatic rings. The molecule has 0 unspecified atom stereocenters. The zero-order valence-electron chi connectivity index (χ0n) is 12.7. The van der Waals surface area contributed by atoms with Crippen LogP contribution in [-0.4, -0.2) is 37.6 Å². The fourth-order valence-corrected chi connectivity index (χ4v) is 3.44. The summed E-state index contributed by atoms with van der Waals surface area (Å²) < 4.78 is 0. The standard InChI is InChI=1S/C15H27N3O2/c1-11-6-5-7-13(12(11)2)16-15(20)17-14(19)10-18-8-3-4-9-18/h11-13H,3-10H2,1-2H3,(H2,16,17,19,20)/p+1/t11-,12-,13-/m1/s1. The average molecular weight is 282 g/mol. The molecule has 5 nitrogen and oxygen atoms in total. The molecule has 2 fully saturated rings. The topological polar surface area (TPSA) is 62.6 Å². The van der Waals surface area contributed by atoms with Gasteiger partial charge in [-0.25, -0.2) is 4.79 Å². The molecule has 3 atom stereocenters. The molecule has 1 saturated heterocycles. The van der Waals surface area contributed by atoms with Crippen molar-refractivity contribution < 1.29 is 14.5 Å². The van der Waals surface area contributed by atoms with Crippen molar-refractivity contribution in [1.82, 2.24) is 10.6 Å². The van der Waals surface area contributed by atoms with E-state index in [2.05, 4.69) is 24.5 Å². The highest BCUT2D eigenvalue weighted by Gasteiger charge is 2.28. The second-order valence-electron chi connectivity index (χ2n) is 6.53. The molecule has 0 bridgehead atoms. The Labute approximate surface area is 121 Å². The van der Waals surface area contributed by atoms with Gasteiger partial charge in [0.15, 0.2) is 6.54 Å². The number of urea groups is 1. The van der Waals surface area contributed by atoms with Crippen molar-refractivity contribution in [3.05, 3.63) is 0 Å². The van der Waals surface area contributed by atoms with Gasteiger partial charge in [0.05, 0.1) is 13.1 Å². The zero-order valence-corrected chi connectivity index (χ0v) is 12.7. The van der Waals surface area contributed by atoms with E-state index in [-0.39, 0.29) is 18.0 Å². The van der Waals surface area contributed by atoms with Crippen LogP contribution in [0.5, 0.6) is 0 Å². The molecule has 1 saturated carbocycles. The Balaban J connectivity index is 1.72. The fraction of sp³-hybridized carbons (Fsp3) is 0.867. The Kier molecular flexibility index (Phi) is 5.40. The van der Waals surface area contributed by atoms with Gasteiger partial charge in [-0.05, 0) is 18.3 Å². The zero-order chi connectivity index (χ0) is 14.5. The lowest BCUT2D eigenvalue weighted by atomic mass is 9.78. The average Bonchev–Trinajstić information content (AvgIpc) is 2.87. The Hall–Kier alpha value is -1.10. The molecule has 1 heterocycles. The summed E-state index contributed by atoms with van der Waals surface area (Å²) >= 11 is 0. The molecule has 0 aromatic heterocycles. The van der Waals surface area contributed by atoms with Crippen LogP contribution in [0.1, 0.15) is 46.0 Å². The van der Waals surface area contributed by atoms with Gasteiger partial charge in [-0.2, -0.15) is 0 Å². The van der Waals surface area contributed by atoms with Crippen LogP contribution in [0.2, 0.25) is 0 Å². The highest BCUT2D eigenvalue weighted by molar-refractivity contribution is 5.94. The van der Waals surface area contributed by atoms with E-state index in [0.29, 0.717) is 18.4 Å². The number of quaternary nitrogens is 1. The molecule has 114 valence electrons. The Morgan fingerprint density at radius 1 is 1.10 bits per heavy atom. The molecular formula is C15H28N3O2+. The molecule has 2 aliphatic rings. The number of hydrogen-bond acceptors (Lipinski definition) is 2. The first-order chi connectivity index (χ1) is 9.56. The van der Waals surface area contributed by atoms with E-state index in [1.165, 1.54) is 24.2 Å². The predicted molar refractivity (Wildman–Crippen MR) is 77.4 cm³/mol. The van der Waals surface area contributed by atoms with E-state index in [1.54, 1.807) is 0 Å². The van der Waals surface area contributed by atoms with Crippen LogP contribution in [0.25, 0.3) is 0 Å². The molecule has 1 aliphatic heterocycles. The number of rotatable bonds is 3. The quantitative estimate of drug-likeness (QED) is 0.698. The van der Waals surface area contributed by atoms with E-state index in [4.69, 9.17) is 0 Å². The van der Waals surface area contributed by atoms with Gasteiger partial charge in [0, 0.05) is 18.9 Å². The molecule has 3 N–H and O–H groups in total. The summed E-state index contributed by atoms with van der Waals surface area (Å²) in [6.07, 6.45) is 5.78. The van der Waals surface area contributed by atoms with Crippen LogP contribution < -0.4 is 15.5 Å². The molecule has 5 heteroatoms. The lowest BCUT2D eigenvalue weighted by molar-refractivity contribution is -0.879. The SMILES string of the molecule is C[C@@H]1[C@H](C)CCC[C@H]1NC(=O)NC(=O)C[NH+]1CCCC1. The van der Waals surface area contributed by atoms with Crippen LogP contribution in [0.3, 0.4) is 0 Å². The van der Waals surface area contributed by atoms with Crippen LogP contribution in [0.15, 0.2) is 0 Å². The summed E-state index contributed by atoms with van der Waals surface area (Å²) in [5, 5.41) is 5.45. The third-order valence-electron chi connectivity index (χ3n) is 5.00. The molecule has 2 rings (SSSR count). The minimum atomic E-state index is -0.320. The van der Waals surface area contributed by atoms with Crippen molar-refractivity contribution in [1.29, 1.82) is 0 Å². The van der Waals surface area contributed by atoms with Crippen molar-refractivity contribution in [3.8, 4) is 0 Å². The first-order valence-electron chi connectivity index (χ1n) is 8.00. The van der Waals surface area contributed by atoms with Gasteiger partial charge in [-0.15, -0.1) is 0 Å². The summed E-state index contributed by atoms with van der Waals surface area (Å²) in [5.41, 5.74) is 0. The van der Waals surface area contributed by atoms with E-state index >= 15 is 0 Å². The first-order valence-corrected chi connectivity index (χ1v) is 8.00. The third-order valence-corrected chi connectivity index (χ3v) is 5.00. The van der Waals surface area contributed by atoms with Gasteiger partial charge < -0.3 is 10.2 Å². The minimum absolute atomic E-state index is 0.157. The van der Waals surface area contributed by atoms with Crippen molar-refractivity contribution in [3.63, 3.8) is 0 Å². The lowest BCUT2D eigenvalue weighted by Crippen LogP contribution is -3.11. The number of likely N-dealkylation sites (tertiary alicyclic amines) is 1. The van der Waals surface area contributed by atoms with E-state index in [9.17, 15) is 9.59 Å². The Bertz CT molecular complexity index is 353. The number of hydrogen-bond donors (Lipinski definition) is 3. The summed E-state index contributed by atoms with van der Waals surface area (Å²) in [7, 11) is 0. The number of nitrogens with one attached hydrogen (secondary N) is 3. The molecule has 1 aliphatic carbocycles. The van der Waals surface area contributed by atoms with Gasteiger partial charge in [0.25, 0.3) is 5.91 Å². The van der Waals surface area contributed by atoms with Gasteiger partial charge in [-0.3, -0.25) is 10.1 Å². The van der Waals surface area contributed by atoms with Crippen LogP contribution in [0, 0.1) is 11.8 Å². The fourth-order valence-electron chi connectivity index (χ4n) is 3.44. The Morgan fingerprint density at radius 2 is 1.80 bits per heavy atom. The van der Waals surface area contributed by atoms with Crippen LogP contribution in [0.4, 0.5) is 4.79 Å². The summed E-state index contributed by atoms with van der Waals surface area (Å²) in [5.74, 6) is 0.962. The van der Waals surface area contributed by atoms with Crippen molar-refractivity contribution in [2.45, 2.75) is 52.0 Å².